The standard InChI is InChI=1S/C18H23N3O/c1-4-21(5-2)17-11-10-16(13-19-17)20-18(22)12-15-9-7-6-8-14(15)3/h6-11,13H,4-5,12H2,1-3H3,(H,20,22). The van der Waals surface area contributed by atoms with Gasteiger partial charge in [0.1, 0.15) is 5.82 Å². The number of carbonyl (C=O) groups excluding carboxylic acids is 1. The smallest absolute Gasteiger partial charge is 0.228 e. The van der Waals surface area contributed by atoms with Crippen molar-refractivity contribution in [2.45, 2.75) is 27.2 Å². The van der Waals surface area contributed by atoms with Crippen LogP contribution in [0, 0.1) is 6.92 Å². The number of rotatable bonds is 6. The first-order chi connectivity index (χ1) is 10.6. The average molecular weight is 297 g/mol. The molecule has 0 saturated heterocycles. The second-order valence-electron chi connectivity index (χ2n) is 5.23. The van der Waals surface area contributed by atoms with Crippen molar-refractivity contribution in [1.82, 2.24) is 4.98 Å². The van der Waals surface area contributed by atoms with Crippen LogP contribution in [-0.4, -0.2) is 24.0 Å². The van der Waals surface area contributed by atoms with E-state index in [4.69, 9.17) is 0 Å². The van der Waals surface area contributed by atoms with Crippen LogP contribution in [0.15, 0.2) is 42.6 Å². The van der Waals surface area contributed by atoms with Gasteiger partial charge in [-0.2, -0.15) is 0 Å². The number of hydrogen-bond donors (Lipinski definition) is 1. The Bertz CT molecular complexity index is 618. The van der Waals surface area contributed by atoms with Crippen molar-refractivity contribution in [2.24, 2.45) is 0 Å². The molecule has 1 amide bonds. The van der Waals surface area contributed by atoms with Crippen LogP contribution in [-0.2, 0) is 11.2 Å². The largest absolute Gasteiger partial charge is 0.357 e. The van der Waals surface area contributed by atoms with E-state index >= 15 is 0 Å². The zero-order chi connectivity index (χ0) is 15.9. The van der Waals surface area contributed by atoms with Crippen LogP contribution in [0.1, 0.15) is 25.0 Å². The lowest BCUT2D eigenvalue weighted by Gasteiger charge is -2.19. The molecule has 1 N–H and O–H groups in total. The molecule has 4 heteroatoms. The van der Waals surface area contributed by atoms with Crippen LogP contribution in [0.4, 0.5) is 11.5 Å². The molecule has 0 unspecified atom stereocenters. The minimum absolute atomic E-state index is 0.0216. The third-order valence-corrected chi connectivity index (χ3v) is 3.73. The van der Waals surface area contributed by atoms with Gasteiger partial charge in [-0.1, -0.05) is 24.3 Å². The Balaban J connectivity index is 1.99. The van der Waals surface area contributed by atoms with Gasteiger partial charge in [0.05, 0.1) is 18.3 Å². The summed E-state index contributed by atoms with van der Waals surface area (Å²) in [5.74, 6) is 0.911. The Hall–Kier alpha value is -2.36. The summed E-state index contributed by atoms with van der Waals surface area (Å²) in [6, 6.07) is 11.8. The van der Waals surface area contributed by atoms with Crippen molar-refractivity contribution in [3.05, 3.63) is 53.7 Å². The van der Waals surface area contributed by atoms with E-state index in [9.17, 15) is 4.79 Å². The maximum atomic E-state index is 12.1. The van der Waals surface area contributed by atoms with Gasteiger partial charge in [0.15, 0.2) is 0 Å². The average Bonchev–Trinajstić information content (AvgIpc) is 2.52. The summed E-state index contributed by atoms with van der Waals surface area (Å²) in [7, 11) is 0. The van der Waals surface area contributed by atoms with Crippen molar-refractivity contribution in [2.75, 3.05) is 23.3 Å². The quantitative estimate of drug-likeness (QED) is 0.888. The van der Waals surface area contributed by atoms with Gasteiger partial charge in [-0.3, -0.25) is 4.79 Å². The molecule has 1 aromatic heterocycles. The molecule has 0 bridgehead atoms. The molecule has 4 nitrogen and oxygen atoms in total. The highest BCUT2D eigenvalue weighted by molar-refractivity contribution is 5.92. The van der Waals surface area contributed by atoms with Crippen LogP contribution in [0.5, 0.6) is 0 Å². The van der Waals surface area contributed by atoms with E-state index in [0.717, 1.165) is 35.7 Å². The molecule has 0 saturated carbocycles. The molecule has 0 fully saturated rings. The van der Waals surface area contributed by atoms with Gasteiger partial charge in [-0.15, -0.1) is 0 Å². The van der Waals surface area contributed by atoms with Gasteiger partial charge in [-0.05, 0) is 44.0 Å². The van der Waals surface area contributed by atoms with E-state index in [-0.39, 0.29) is 5.91 Å². The SMILES string of the molecule is CCN(CC)c1ccc(NC(=O)Cc2ccccc2C)cn1. The van der Waals surface area contributed by atoms with Crippen LogP contribution in [0.2, 0.25) is 0 Å². The lowest BCUT2D eigenvalue weighted by Crippen LogP contribution is -2.23. The van der Waals surface area contributed by atoms with Crippen LogP contribution >= 0.6 is 0 Å². The fraction of sp³-hybridized carbons (Fsp3) is 0.333. The lowest BCUT2D eigenvalue weighted by molar-refractivity contribution is -0.115. The summed E-state index contributed by atoms with van der Waals surface area (Å²) in [5, 5.41) is 2.90. The molecule has 116 valence electrons. The predicted molar refractivity (Wildman–Crippen MR) is 91.3 cm³/mol. The zero-order valence-electron chi connectivity index (χ0n) is 13.5. The van der Waals surface area contributed by atoms with Gasteiger partial charge in [-0.25, -0.2) is 4.98 Å². The monoisotopic (exact) mass is 297 g/mol. The summed E-state index contributed by atoms with van der Waals surface area (Å²) >= 11 is 0. The molecule has 2 aromatic rings. The summed E-state index contributed by atoms with van der Waals surface area (Å²) in [6.45, 7) is 8.06. The topological polar surface area (TPSA) is 45.2 Å². The van der Waals surface area contributed by atoms with Gasteiger partial charge < -0.3 is 10.2 Å². The number of nitrogens with one attached hydrogen (secondary N) is 1. The van der Waals surface area contributed by atoms with E-state index < -0.39 is 0 Å². The third-order valence-electron chi connectivity index (χ3n) is 3.73. The minimum Gasteiger partial charge on any atom is -0.357 e. The third kappa shape index (κ3) is 4.07. The number of amides is 1. The first kappa shape index (κ1) is 16.0. The highest BCUT2D eigenvalue weighted by Crippen LogP contribution is 2.15. The molecular formula is C18H23N3O. The van der Waals surface area contributed by atoms with Crippen LogP contribution < -0.4 is 10.2 Å². The summed E-state index contributed by atoms with van der Waals surface area (Å²) in [5.41, 5.74) is 2.91. The number of pyridine rings is 1. The van der Waals surface area contributed by atoms with Gasteiger partial charge in [0.25, 0.3) is 0 Å². The van der Waals surface area contributed by atoms with Crippen molar-refractivity contribution in [1.29, 1.82) is 0 Å². The lowest BCUT2D eigenvalue weighted by atomic mass is 10.1. The molecule has 0 atom stereocenters. The van der Waals surface area contributed by atoms with Crippen molar-refractivity contribution >= 4 is 17.4 Å². The highest BCUT2D eigenvalue weighted by Gasteiger charge is 2.07. The second-order valence-corrected chi connectivity index (χ2v) is 5.23. The fourth-order valence-electron chi connectivity index (χ4n) is 2.38. The van der Waals surface area contributed by atoms with E-state index in [1.807, 2.05) is 43.3 Å². The molecule has 0 aliphatic heterocycles. The summed E-state index contributed by atoms with van der Waals surface area (Å²) in [6.07, 6.45) is 2.09. The second kappa shape index (κ2) is 7.59. The highest BCUT2D eigenvalue weighted by atomic mass is 16.1. The molecule has 0 spiro atoms. The van der Waals surface area contributed by atoms with Crippen LogP contribution in [0.3, 0.4) is 0 Å². The van der Waals surface area contributed by atoms with Crippen molar-refractivity contribution in [3.63, 3.8) is 0 Å². The zero-order valence-corrected chi connectivity index (χ0v) is 13.5. The van der Waals surface area contributed by atoms with Gasteiger partial charge in [0, 0.05) is 13.1 Å². The fourth-order valence-corrected chi connectivity index (χ4v) is 2.38. The number of anilines is 2. The maximum Gasteiger partial charge on any atom is 0.228 e. The first-order valence-electron chi connectivity index (χ1n) is 7.69. The number of nitrogens with zero attached hydrogens (tertiary/aromatic N) is 2. The molecule has 0 radical (unpaired) electrons. The van der Waals surface area contributed by atoms with Gasteiger partial charge >= 0.3 is 0 Å². The molecule has 2 rings (SSSR count). The number of carbonyl (C=O) groups is 1. The molecule has 22 heavy (non-hydrogen) atoms. The van der Waals surface area contributed by atoms with Crippen molar-refractivity contribution in [3.8, 4) is 0 Å². The maximum absolute atomic E-state index is 12.1. The normalized spacial score (nSPS) is 10.3. The Kier molecular flexibility index (Phi) is 5.53. The van der Waals surface area contributed by atoms with E-state index in [1.165, 1.54) is 0 Å². The minimum atomic E-state index is -0.0216. The van der Waals surface area contributed by atoms with Crippen molar-refractivity contribution < 1.29 is 4.79 Å². The Labute approximate surface area is 132 Å². The molecular weight excluding hydrogens is 274 g/mol. The molecule has 0 aliphatic rings. The molecule has 1 heterocycles. The van der Waals surface area contributed by atoms with E-state index in [1.54, 1.807) is 6.20 Å². The Morgan fingerprint density at radius 3 is 2.45 bits per heavy atom. The summed E-state index contributed by atoms with van der Waals surface area (Å²) < 4.78 is 0. The van der Waals surface area contributed by atoms with Gasteiger partial charge in [0.2, 0.25) is 5.91 Å². The number of aromatic nitrogens is 1. The van der Waals surface area contributed by atoms with Crippen LogP contribution in [0.25, 0.3) is 0 Å². The number of benzene rings is 1. The molecule has 0 aliphatic carbocycles. The first-order valence-corrected chi connectivity index (χ1v) is 7.69. The van der Waals surface area contributed by atoms with E-state index in [0.29, 0.717) is 6.42 Å². The Morgan fingerprint density at radius 1 is 1.14 bits per heavy atom. The predicted octanol–water partition coefficient (Wildman–Crippen LogP) is 3.42. The number of aryl methyl sites for hydroxylation is 1. The summed E-state index contributed by atoms with van der Waals surface area (Å²) in [4.78, 5) is 18.7. The van der Waals surface area contributed by atoms with E-state index in [2.05, 4.69) is 29.0 Å². The molecule has 1 aromatic carbocycles. The Morgan fingerprint density at radius 2 is 1.86 bits per heavy atom. The number of hydrogen-bond acceptors (Lipinski definition) is 3.